The third kappa shape index (κ3) is 3.14. The summed E-state index contributed by atoms with van der Waals surface area (Å²) in [4.78, 5) is 28.3. The minimum absolute atomic E-state index is 0.0446. The minimum atomic E-state index is -0.957. The summed E-state index contributed by atoms with van der Waals surface area (Å²) in [5, 5.41) is 0. The zero-order chi connectivity index (χ0) is 25.9. The molecular weight excluding hydrogens is 440 g/mol. The first-order valence-corrected chi connectivity index (χ1v) is 12.6. The van der Waals surface area contributed by atoms with E-state index < -0.39 is 21.7 Å². The van der Waals surface area contributed by atoms with E-state index in [-0.39, 0.29) is 23.4 Å². The summed E-state index contributed by atoms with van der Waals surface area (Å²) in [7, 11) is 0. The lowest BCUT2D eigenvalue weighted by Crippen LogP contribution is -2.70. The smallest absolute Gasteiger partial charge is 0.176 e. The molecule has 6 atom stereocenters. The number of hydrogen-bond donors (Lipinski definition) is 0. The lowest BCUT2D eigenvalue weighted by Gasteiger charge is -2.67. The molecule has 0 N–H and O–H groups in total. The van der Waals surface area contributed by atoms with Crippen LogP contribution in [0.15, 0.2) is 84.0 Å². The molecule has 2 heteroatoms. The highest BCUT2D eigenvalue weighted by molar-refractivity contribution is 6.06. The van der Waals surface area contributed by atoms with Gasteiger partial charge in [-0.1, -0.05) is 84.7 Å². The molecule has 0 aliphatic heterocycles. The standard InChI is InChI=1S/C34H32O2/c1-23-21-34(6)30(36)31(3,19-17-25-13-9-7-10-14-25)27(23)28-32(4,20-18-26-15-11-8-12-16-26)29(35)24(2)22-33(28,34)5/h7-16,21-22,27-28H,1-6H3/t27-,28+,31+,32-,33-,34+/m0/s1. The van der Waals surface area contributed by atoms with Gasteiger partial charge in [0.25, 0.3) is 0 Å². The highest BCUT2D eigenvalue weighted by Gasteiger charge is 2.73. The van der Waals surface area contributed by atoms with Gasteiger partial charge in [-0.15, -0.1) is 0 Å². The van der Waals surface area contributed by atoms with E-state index in [2.05, 4.69) is 49.7 Å². The predicted octanol–water partition coefficient (Wildman–Crippen LogP) is 6.42. The monoisotopic (exact) mass is 472 g/mol. The average molecular weight is 473 g/mol. The Bertz CT molecular complexity index is 1460. The van der Waals surface area contributed by atoms with Crippen molar-refractivity contribution in [1.82, 2.24) is 0 Å². The van der Waals surface area contributed by atoms with E-state index in [0.29, 0.717) is 5.57 Å². The summed E-state index contributed by atoms with van der Waals surface area (Å²) in [6, 6.07) is 19.6. The molecule has 0 spiro atoms. The minimum Gasteiger partial charge on any atom is -0.297 e. The molecular formula is C34H32O2. The molecule has 0 radical (unpaired) electrons. The Hall–Kier alpha value is -3.62. The topological polar surface area (TPSA) is 34.1 Å². The largest absolute Gasteiger partial charge is 0.297 e. The van der Waals surface area contributed by atoms with Crippen LogP contribution in [0.25, 0.3) is 0 Å². The van der Waals surface area contributed by atoms with Gasteiger partial charge in [0, 0.05) is 28.4 Å². The molecule has 6 rings (SSSR count). The van der Waals surface area contributed by atoms with Crippen LogP contribution in [0.1, 0.15) is 52.7 Å². The summed E-state index contributed by atoms with van der Waals surface area (Å²) in [6.07, 6.45) is 4.21. The third-order valence-electron chi connectivity index (χ3n) is 9.12. The molecule has 2 aromatic carbocycles. The number of allylic oxidation sites excluding steroid dienone is 4. The number of ketones is 2. The number of fused-ring (bicyclic) bond motifs is 1. The van der Waals surface area contributed by atoms with Crippen molar-refractivity contribution >= 4 is 11.6 Å². The van der Waals surface area contributed by atoms with Crippen LogP contribution < -0.4 is 0 Å². The molecule has 0 saturated heterocycles. The van der Waals surface area contributed by atoms with Crippen molar-refractivity contribution in [2.24, 2.45) is 33.5 Å². The lowest BCUT2D eigenvalue weighted by atomic mass is 9.33. The summed E-state index contributed by atoms with van der Waals surface area (Å²) in [5.41, 5.74) is 0.326. The Labute approximate surface area is 214 Å². The first-order chi connectivity index (χ1) is 17.0. The van der Waals surface area contributed by atoms with Crippen molar-refractivity contribution in [3.63, 3.8) is 0 Å². The summed E-state index contributed by atoms with van der Waals surface area (Å²) >= 11 is 0. The van der Waals surface area contributed by atoms with Gasteiger partial charge in [0.2, 0.25) is 0 Å². The maximum Gasteiger partial charge on any atom is 0.176 e. The quantitative estimate of drug-likeness (QED) is 0.328. The molecule has 4 aliphatic carbocycles. The highest BCUT2D eigenvalue weighted by atomic mass is 16.1. The van der Waals surface area contributed by atoms with Crippen molar-refractivity contribution < 1.29 is 9.59 Å². The van der Waals surface area contributed by atoms with Gasteiger partial charge in [0.15, 0.2) is 11.6 Å². The molecule has 0 amide bonds. The molecule has 36 heavy (non-hydrogen) atoms. The Kier molecular flexibility index (Phi) is 5.32. The Morgan fingerprint density at radius 1 is 0.694 bits per heavy atom. The second kappa shape index (κ2) is 7.94. The van der Waals surface area contributed by atoms with Gasteiger partial charge < -0.3 is 0 Å². The summed E-state index contributed by atoms with van der Waals surface area (Å²) < 4.78 is 0. The Morgan fingerprint density at radius 3 is 1.72 bits per heavy atom. The van der Waals surface area contributed by atoms with Crippen LogP contribution >= 0.6 is 0 Å². The second-order valence-corrected chi connectivity index (χ2v) is 11.5. The maximum atomic E-state index is 14.3. The number of Topliss-reactive ketones (excluding diaryl/α,β-unsaturated/α-hetero) is 2. The molecule has 1 saturated carbocycles. The second-order valence-electron chi connectivity index (χ2n) is 11.5. The molecule has 4 aliphatic rings. The third-order valence-corrected chi connectivity index (χ3v) is 9.12. The van der Waals surface area contributed by atoms with Gasteiger partial charge in [-0.3, -0.25) is 9.59 Å². The Morgan fingerprint density at radius 2 is 1.19 bits per heavy atom. The van der Waals surface area contributed by atoms with Crippen molar-refractivity contribution in [2.75, 3.05) is 0 Å². The molecule has 1 fully saturated rings. The highest BCUT2D eigenvalue weighted by Crippen LogP contribution is 2.71. The van der Waals surface area contributed by atoms with Crippen molar-refractivity contribution in [1.29, 1.82) is 0 Å². The Balaban J connectivity index is 1.75. The summed E-state index contributed by atoms with van der Waals surface area (Å²) in [6.45, 7) is 12.1. The zero-order valence-corrected chi connectivity index (χ0v) is 21.9. The fraction of sp³-hybridized carbons (Fsp3) is 0.353. The predicted molar refractivity (Wildman–Crippen MR) is 144 cm³/mol. The van der Waals surface area contributed by atoms with Crippen LogP contribution in [0.2, 0.25) is 0 Å². The van der Waals surface area contributed by atoms with E-state index in [4.69, 9.17) is 0 Å². The van der Waals surface area contributed by atoms with Crippen LogP contribution in [0.3, 0.4) is 0 Å². The van der Waals surface area contributed by atoms with Gasteiger partial charge >= 0.3 is 0 Å². The molecule has 0 aromatic heterocycles. The number of carbonyl (C=O) groups is 2. The van der Waals surface area contributed by atoms with E-state index in [1.54, 1.807) is 0 Å². The van der Waals surface area contributed by atoms with Crippen molar-refractivity contribution in [2.45, 2.75) is 41.5 Å². The van der Waals surface area contributed by atoms with Gasteiger partial charge in [-0.2, -0.15) is 0 Å². The SMILES string of the molecule is CC1=C[C@@]2(C)[C@H]([C@@H]3C(C)=C[C@]2(C)C(=O)[C@]3(C)C#Cc2ccccc2)[C@](C)(C#Cc2ccccc2)C1=O. The molecule has 180 valence electrons. The van der Waals surface area contributed by atoms with Crippen molar-refractivity contribution in [3.8, 4) is 23.7 Å². The van der Waals surface area contributed by atoms with Crippen LogP contribution in [0.4, 0.5) is 0 Å². The fourth-order valence-corrected chi connectivity index (χ4v) is 7.37. The first kappa shape index (κ1) is 24.1. The van der Waals surface area contributed by atoms with Crippen molar-refractivity contribution in [3.05, 3.63) is 95.1 Å². The number of benzene rings is 2. The molecule has 2 bridgehead atoms. The maximum absolute atomic E-state index is 14.3. The van der Waals surface area contributed by atoms with E-state index in [1.165, 1.54) is 0 Å². The first-order valence-electron chi connectivity index (χ1n) is 12.6. The summed E-state index contributed by atoms with van der Waals surface area (Å²) in [5.74, 6) is 13.2. The average Bonchev–Trinajstić information content (AvgIpc) is 2.86. The number of rotatable bonds is 0. The fourth-order valence-electron chi connectivity index (χ4n) is 7.37. The van der Waals surface area contributed by atoms with Gasteiger partial charge in [0.1, 0.15) is 0 Å². The van der Waals surface area contributed by atoms with Gasteiger partial charge in [-0.25, -0.2) is 0 Å². The van der Waals surface area contributed by atoms with Crippen LogP contribution in [-0.2, 0) is 9.59 Å². The van der Waals surface area contributed by atoms with E-state index >= 15 is 0 Å². The van der Waals surface area contributed by atoms with Crippen LogP contribution in [0.5, 0.6) is 0 Å². The van der Waals surface area contributed by atoms with Gasteiger partial charge in [-0.05, 0) is 64.5 Å². The number of carbonyl (C=O) groups excluding carboxylic acids is 2. The normalized spacial score (nSPS) is 36.5. The van der Waals surface area contributed by atoms with E-state index in [0.717, 1.165) is 16.7 Å². The molecule has 2 aromatic rings. The zero-order valence-electron chi connectivity index (χ0n) is 21.9. The number of hydrogen-bond acceptors (Lipinski definition) is 2. The van der Waals surface area contributed by atoms with Gasteiger partial charge in [0.05, 0.1) is 16.2 Å². The molecule has 0 unspecified atom stereocenters. The van der Waals surface area contributed by atoms with E-state index in [1.807, 2.05) is 88.4 Å². The van der Waals surface area contributed by atoms with E-state index in [9.17, 15) is 9.59 Å². The van der Waals surface area contributed by atoms with Crippen LogP contribution in [0, 0.1) is 57.2 Å². The lowest BCUT2D eigenvalue weighted by molar-refractivity contribution is -0.167. The molecule has 0 heterocycles. The van der Waals surface area contributed by atoms with Crippen LogP contribution in [-0.4, -0.2) is 11.6 Å². The molecule has 2 nitrogen and oxygen atoms in total.